The third-order valence-corrected chi connectivity index (χ3v) is 3.08. The minimum absolute atomic E-state index is 0.383. The second-order valence-electron chi connectivity index (χ2n) is 3.62. The van der Waals surface area contributed by atoms with Crippen molar-refractivity contribution in [2.45, 2.75) is 6.92 Å². The Bertz CT molecular complexity index is 609. The second-order valence-corrected chi connectivity index (χ2v) is 4.47. The van der Waals surface area contributed by atoms with E-state index in [4.69, 9.17) is 29.0 Å². The fourth-order valence-electron chi connectivity index (χ4n) is 1.60. The number of carbonyl (C=O) groups excluding carboxylic acids is 1. The maximum Gasteiger partial charge on any atom is 0.268 e. The molecule has 0 radical (unpaired) electrons. The quantitative estimate of drug-likeness (QED) is 0.504. The molecule has 1 aromatic heterocycles. The number of hydrogen-bond acceptors (Lipinski definition) is 3. The second kappa shape index (κ2) is 4.97. The van der Waals surface area contributed by atoms with E-state index in [1.54, 1.807) is 29.8 Å². The summed E-state index contributed by atoms with van der Waals surface area (Å²) in [5.41, 5.74) is 3.68. The highest BCUT2D eigenvalue weighted by Crippen LogP contribution is 2.25. The summed E-state index contributed by atoms with van der Waals surface area (Å²) in [4.78, 5) is 11.5. The first-order chi connectivity index (χ1) is 8.54. The number of amides is 1. The van der Waals surface area contributed by atoms with E-state index >= 15 is 0 Å². The van der Waals surface area contributed by atoms with Crippen LogP contribution in [0.25, 0.3) is 5.69 Å². The molecule has 0 fully saturated rings. The van der Waals surface area contributed by atoms with E-state index in [0.717, 1.165) is 0 Å². The summed E-state index contributed by atoms with van der Waals surface area (Å²) in [5, 5.41) is 5.14. The zero-order valence-electron chi connectivity index (χ0n) is 9.45. The summed E-state index contributed by atoms with van der Waals surface area (Å²) in [6.07, 6.45) is 1.43. The zero-order valence-corrected chi connectivity index (χ0v) is 11.0. The first-order valence-corrected chi connectivity index (χ1v) is 5.81. The predicted molar refractivity (Wildman–Crippen MR) is 70.0 cm³/mol. The molecule has 0 aliphatic rings. The van der Waals surface area contributed by atoms with Crippen LogP contribution in [-0.2, 0) is 0 Å². The van der Waals surface area contributed by atoms with Gasteiger partial charge in [0, 0.05) is 5.02 Å². The van der Waals surface area contributed by atoms with Gasteiger partial charge in [-0.1, -0.05) is 23.2 Å². The minimum Gasteiger partial charge on any atom is -0.290 e. The first-order valence-electron chi connectivity index (χ1n) is 5.05. The van der Waals surface area contributed by atoms with Crippen LogP contribution >= 0.6 is 23.2 Å². The molecule has 0 aliphatic carbocycles. The number of rotatable bonds is 2. The topological polar surface area (TPSA) is 72.9 Å². The van der Waals surface area contributed by atoms with Crippen molar-refractivity contribution in [1.82, 2.24) is 15.2 Å². The molecule has 2 aromatic rings. The van der Waals surface area contributed by atoms with Gasteiger partial charge >= 0.3 is 0 Å². The smallest absolute Gasteiger partial charge is 0.268 e. The molecule has 5 nitrogen and oxygen atoms in total. The van der Waals surface area contributed by atoms with Crippen LogP contribution in [0.15, 0.2) is 24.4 Å². The number of nitrogens with zero attached hydrogens (tertiary/aromatic N) is 2. The van der Waals surface area contributed by atoms with Gasteiger partial charge in [0.1, 0.15) is 0 Å². The molecule has 18 heavy (non-hydrogen) atoms. The largest absolute Gasteiger partial charge is 0.290 e. The van der Waals surface area contributed by atoms with E-state index in [1.165, 1.54) is 6.20 Å². The van der Waals surface area contributed by atoms with Gasteiger partial charge in [-0.05, 0) is 25.1 Å². The molecule has 1 aromatic carbocycles. The molecule has 0 atom stereocenters. The monoisotopic (exact) mass is 284 g/mol. The average Bonchev–Trinajstić information content (AvgIpc) is 2.73. The van der Waals surface area contributed by atoms with Crippen LogP contribution in [0.4, 0.5) is 0 Å². The number of hydrazine groups is 1. The Morgan fingerprint density at radius 1 is 1.44 bits per heavy atom. The normalized spacial score (nSPS) is 10.4. The van der Waals surface area contributed by atoms with Crippen LogP contribution in [0.2, 0.25) is 10.0 Å². The third-order valence-electron chi connectivity index (χ3n) is 2.52. The highest BCUT2D eigenvalue weighted by molar-refractivity contribution is 6.34. The molecule has 0 unspecified atom stereocenters. The van der Waals surface area contributed by atoms with E-state index in [0.29, 0.717) is 27.0 Å². The van der Waals surface area contributed by atoms with Crippen molar-refractivity contribution in [3.05, 3.63) is 45.7 Å². The highest BCUT2D eigenvalue weighted by atomic mass is 35.5. The lowest BCUT2D eigenvalue weighted by molar-refractivity contribution is 0.0953. The molecule has 3 N–H and O–H groups in total. The molecule has 1 amide bonds. The number of hydrogen-bond donors (Lipinski definition) is 2. The van der Waals surface area contributed by atoms with Crippen LogP contribution in [-0.4, -0.2) is 15.7 Å². The van der Waals surface area contributed by atoms with Gasteiger partial charge in [0.25, 0.3) is 5.91 Å². The Morgan fingerprint density at radius 2 is 2.17 bits per heavy atom. The van der Waals surface area contributed by atoms with E-state index < -0.39 is 5.91 Å². The molecule has 7 heteroatoms. The number of nitrogens with one attached hydrogen (secondary N) is 1. The SMILES string of the molecule is Cc1c(C(=O)NN)cnn1-c1cc(Cl)ccc1Cl. The van der Waals surface area contributed by atoms with Gasteiger partial charge in [-0.2, -0.15) is 5.10 Å². The number of halogens is 2. The van der Waals surface area contributed by atoms with E-state index in [1.807, 2.05) is 0 Å². The fourth-order valence-corrected chi connectivity index (χ4v) is 1.97. The molecule has 1 heterocycles. The number of benzene rings is 1. The Hall–Kier alpha value is -1.56. The van der Waals surface area contributed by atoms with Crippen LogP contribution in [0.1, 0.15) is 16.1 Å². The lowest BCUT2D eigenvalue weighted by Gasteiger charge is -2.07. The van der Waals surface area contributed by atoms with Crippen LogP contribution in [0.5, 0.6) is 0 Å². The van der Waals surface area contributed by atoms with E-state index in [9.17, 15) is 4.79 Å². The molecular formula is C11H10Cl2N4O. The van der Waals surface area contributed by atoms with Gasteiger partial charge in [-0.3, -0.25) is 10.2 Å². The molecule has 94 valence electrons. The average molecular weight is 285 g/mol. The molecule has 0 bridgehead atoms. The first kappa shape index (κ1) is 12.9. The number of nitrogen functional groups attached to an aromatic ring is 1. The maximum absolute atomic E-state index is 11.5. The summed E-state index contributed by atoms with van der Waals surface area (Å²) in [6.45, 7) is 1.74. The number of aromatic nitrogens is 2. The summed E-state index contributed by atoms with van der Waals surface area (Å²) < 4.78 is 1.54. The molecule has 0 saturated heterocycles. The van der Waals surface area contributed by atoms with Crippen molar-refractivity contribution in [1.29, 1.82) is 0 Å². The van der Waals surface area contributed by atoms with Crippen molar-refractivity contribution in [3.63, 3.8) is 0 Å². The van der Waals surface area contributed by atoms with Gasteiger partial charge < -0.3 is 0 Å². The molecule has 2 rings (SSSR count). The fraction of sp³-hybridized carbons (Fsp3) is 0.0909. The Kier molecular flexibility index (Phi) is 3.56. The van der Waals surface area contributed by atoms with Gasteiger partial charge in [-0.15, -0.1) is 0 Å². The zero-order chi connectivity index (χ0) is 13.3. The van der Waals surface area contributed by atoms with Crippen molar-refractivity contribution in [3.8, 4) is 5.69 Å². The number of carbonyl (C=O) groups is 1. The summed E-state index contributed by atoms with van der Waals surface area (Å²) in [7, 11) is 0. The Labute approximate surface area is 113 Å². The van der Waals surface area contributed by atoms with Crippen molar-refractivity contribution < 1.29 is 4.79 Å². The van der Waals surface area contributed by atoms with Gasteiger partial charge in [0.2, 0.25) is 0 Å². The number of nitrogens with two attached hydrogens (primary N) is 1. The highest BCUT2D eigenvalue weighted by Gasteiger charge is 2.15. The summed E-state index contributed by atoms with van der Waals surface area (Å²) >= 11 is 12.0. The minimum atomic E-state index is -0.406. The Balaban J connectivity index is 2.55. The third kappa shape index (κ3) is 2.20. The van der Waals surface area contributed by atoms with Crippen molar-refractivity contribution >= 4 is 29.1 Å². The molecule has 0 aliphatic heterocycles. The molecule has 0 saturated carbocycles. The molecule has 0 spiro atoms. The van der Waals surface area contributed by atoms with E-state index in [-0.39, 0.29) is 0 Å². The van der Waals surface area contributed by atoms with Crippen molar-refractivity contribution in [2.24, 2.45) is 5.84 Å². The van der Waals surface area contributed by atoms with E-state index in [2.05, 4.69) is 10.5 Å². The lowest BCUT2D eigenvalue weighted by atomic mass is 10.2. The Morgan fingerprint density at radius 3 is 2.83 bits per heavy atom. The maximum atomic E-state index is 11.5. The van der Waals surface area contributed by atoms with Crippen LogP contribution < -0.4 is 11.3 Å². The van der Waals surface area contributed by atoms with Crippen LogP contribution in [0, 0.1) is 6.92 Å². The standard InChI is InChI=1S/C11H10Cl2N4O/c1-6-8(11(18)16-14)5-15-17(6)10-4-7(12)2-3-9(10)13/h2-5H,14H2,1H3,(H,16,18). The summed E-state index contributed by atoms with van der Waals surface area (Å²) in [6, 6.07) is 5.02. The predicted octanol–water partition coefficient (Wildman–Crippen LogP) is 2.09. The van der Waals surface area contributed by atoms with Crippen LogP contribution in [0.3, 0.4) is 0 Å². The lowest BCUT2D eigenvalue weighted by Crippen LogP contribution is -2.30. The van der Waals surface area contributed by atoms with Gasteiger partial charge in [0.05, 0.1) is 28.2 Å². The molecular weight excluding hydrogens is 275 g/mol. The summed E-state index contributed by atoms with van der Waals surface area (Å²) in [5.74, 6) is 4.69. The van der Waals surface area contributed by atoms with Gasteiger partial charge in [0.15, 0.2) is 0 Å². The van der Waals surface area contributed by atoms with Gasteiger partial charge in [-0.25, -0.2) is 10.5 Å². The van der Waals surface area contributed by atoms with Crippen molar-refractivity contribution in [2.75, 3.05) is 0 Å².